The number of likely N-dealkylation sites (tertiary alicyclic amines) is 1. The highest BCUT2D eigenvalue weighted by Gasteiger charge is 2.35. The van der Waals surface area contributed by atoms with Gasteiger partial charge < -0.3 is 24.5 Å². The average molecular weight is 521 g/mol. The van der Waals surface area contributed by atoms with Gasteiger partial charge in [0.25, 0.3) is 11.8 Å². The largest absolute Gasteiger partial charge is 0.460 e. The number of furan rings is 1. The summed E-state index contributed by atoms with van der Waals surface area (Å²) in [5.41, 5.74) is 2.22. The van der Waals surface area contributed by atoms with Crippen LogP contribution in [0.2, 0.25) is 0 Å². The maximum atomic E-state index is 13.2. The van der Waals surface area contributed by atoms with Crippen LogP contribution in [0.25, 0.3) is 16.5 Å². The van der Waals surface area contributed by atoms with Crippen molar-refractivity contribution in [1.29, 1.82) is 0 Å². The molecule has 2 amide bonds. The quantitative estimate of drug-likeness (QED) is 0.410. The first-order chi connectivity index (χ1) is 17.7. The molecule has 0 radical (unpaired) electrons. The zero-order valence-electron chi connectivity index (χ0n) is 20.9. The lowest BCUT2D eigenvalue weighted by atomic mass is 10.1. The molecule has 6 rings (SSSR count). The molecule has 10 heteroatoms. The van der Waals surface area contributed by atoms with Gasteiger partial charge in [0.05, 0.1) is 22.9 Å². The van der Waals surface area contributed by atoms with E-state index in [-0.39, 0.29) is 17.9 Å². The molecule has 4 aromatic rings. The lowest BCUT2D eigenvalue weighted by Crippen LogP contribution is -2.43. The van der Waals surface area contributed by atoms with E-state index in [2.05, 4.69) is 10.4 Å². The molecule has 0 bridgehead atoms. The summed E-state index contributed by atoms with van der Waals surface area (Å²) >= 11 is 1.81. The summed E-state index contributed by atoms with van der Waals surface area (Å²) in [5.74, 6) is 3.27. The normalized spacial score (nSPS) is 19.9. The maximum absolute atomic E-state index is 13.2. The summed E-state index contributed by atoms with van der Waals surface area (Å²) in [5, 5.41) is 18.5. The average Bonchev–Trinajstić information content (AvgIpc) is 3.47. The zero-order chi connectivity index (χ0) is 25.9. The summed E-state index contributed by atoms with van der Waals surface area (Å²) in [7, 11) is 0. The van der Waals surface area contributed by atoms with Gasteiger partial charge in [-0.2, -0.15) is 16.9 Å². The van der Waals surface area contributed by atoms with E-state index >= 15 is 0 Å². The molecule has 2 aliphatic rings. The van der Waals surface area contributed by atoms with Crippen LogP contribution in [-0.4, -0.2) is 67.7 Å². The summed E-state index contributed by atoms with van der Waals surface area (Å²) in [6.07, 6.45) is 3.88. The van der Waals surface area contributed by atoms with Gasteiger partial charge in [-0.25, -0.2) is 4.52 Å². The Labute approximate surface area is 217 Å². The van der Waals surface area contributed by atoms with Gasteiger partial charge in [-0.05, 0) is 44.9 Å². The van der Waals surface area contributed by atoms with Crippen LogP contribution in [0, 0.1) is 13.8 Å². The molecule has 2 saturated heterocycles. The highest BCUT2D eigenvalue weighted by atomic mass is 32.2. The van der Waals surface area contributed by atoms with Gasteiger partial charge in [-0.15, -0.1) is 0 Å². The molecule has 3 aromatic heterocycles. The van der Waals surface area contributed by atoms with Crippen LogP contribution in [0.15, 0.2) is 41.1 Å². The van der Waals surface area contributed by atoms with E-state index in [1.807, 2.05) is 24.8 Å². The summed E-state index contributed by atoms with van der Waals surface area (Å²) in [4.78, 5) is 27.7. The van der Waals surface area contributed by atoms with Crippen molar-refractivity contribution >= 4 is 40.1 Å². The van der Waals surface area contributed by atoms with Crippen molar-refractivity contribution in [3.63, 3.8) is 0 Å². The van der Waals surface area contributed by atoms with Gasteiger partial charge in [0, 0.05) is 54.4 Å². The van der Waals surface area contributed by atoms with E-state index in [4.69, 9.17) is 9.15 Å². The van der Waals surface area contributed by atoms with Gasteiger partial charge in [0.1, 0.15) is 22.6 Å². The summed E-state index contributed by atoms with van der Waals surface area (Å²) in [6.45, 7) is 6.22. The second kappa shape index (κ2) is 8.81. The molecular weight excluding hydrogens is 492 g/mol. The highest BCUT2D eigenvalue weighted by Crippen LogP contribution is 2.35. The number of aryl methyl sites for hydroxylation is 2. The number of nitrogens with one attached hydrogen (secondary N) is 1. The Balaban J connectivity index is 1.29. The fourth-order valence-electron chi connectivity index (χ4n) is 5.06. The number of ether oxygens (including phenoxy) is 1. The first kappa shape index (κ1) is 23.9. The van der Waals surface area contributed by atoms with Gasteiger partial charge in [0.2, 0.25) is 0 Å². The lowest BCUT2D eigenvalue weighted by Gasteiger charge is -2.25. The monoisotopic (exact) mass is 520 g/mol. The highest BCUT2D eigenvalue weighted by molar-refractivity contribution is 8.00. The molecule has 1 atom stereocenters. The number of carbonyl (C=O) groups is 2. The van der Waals surface area contributed by atoms with E-state index < -0.39 is 5.60 Å². The van der Waals surface area contributed by atoms with Gasteiger partial charge in [0.15, 0.2) is 5.75 Å². The third kappa shape index (κ3) is 4.23. The molecular formula is C27H28N4O5S. The fourth-order valence-corrected chi connectivity index (χ4v) is 5.70. The number of fused-ring (bicyclic) bond motifs is 2. The van der Waals surface area contributed by atoms with Crippen molar-refractivity contribution in [2.75, 3.05) is 24.6 Å². The number of carbonyl (C=O) groups excluding carboxylic acids is 2. The van der Waals surface area contributed by atoms with Gasteiger partial charge >= 0.3 is 0 Å². The number of aliphatic hydroxyl groups is 1. The number of aromatic nitrogens is 2. The number of β-amino-alcohol motifs (C(OH)–C–C–N with tert-alkyl or cyclic N) is 1. The molecule has 9 nitrogen and oxygen atoms in total. The van der Waals surface area contributed by atoms with Crippen LogP contribution in [-0.2, 0) is 0 Å². The van der Waals surface area contributed by atoms with Crippen LogP contribution < -0.4 is 10.1 Å². The van der Waals surface area contributed by atoms with Crippen molar-refractivity contribution in [1.82, 2.24) is 19.8 Å². The Kier molecular flexibility index (Phi) is 5.68. The first-order valence-corrected chi connectivity index (χ1v) is 13.4. The summed E-state index contributed by atoms with van der Waals surface area (Å²) < 4.78 is 13.8. The molecule has 0 aliphatic carbocycles. The van der Waals surface area contributed by atoms with Crippen LogP contribution in [0.3, 0.4) is 0 Å². The molecule has 2 N–H and O–H groups in total. The first-order valence-electron chi connectivity index (χ1n) is 12.3. The van der Waals surface area contributed by atoms with Crippen molar-refractivity contribution in [2.24, 2.45) is 0 Å². The van der Waals surface area contributed by atoms with E-state index in [9.17, 15) is 14.7 Å². The van der Waals surface area contributed by atoms with E-state index in [1.165, 1.54) is 0 Å². The number of amides is 2. The van der Waals surface area contributed by atoms with Crippen molar-refractivity contribution < 1.29 is 23.8 Å². The summed E-state index contributed by atoms with van der Waals surface area (Å²) in [6, 6.07) is 7.37. The maximum Gasteiger partial charge on any atom is 0.255 e. The van der Waals surface area contributed by atoms with Crippen molar-refractivity contribution in [3.05, 3.63) is 59.1 Å². The van der Waals surface area contributed by atoms with E-state index in [0.717, 1.165) is 22.5 Å². The van der Waals surface area contributed by atoms with Crippen molar-refractivity contribution in [3.8, 4) is 11.5 Å². The third-order valence-electron chi connectivity index (χ3n) is 7.13. The van der Waals surface area contributed by atoms with Crippen molar-refractivity contribution in [2.45, 2.75) is 38.8 Å². The smallest absolute Gasteiger partial charge is 0.255 e. The van der Waals surface area contributed by atoms with Crippen LogP contribution in [0.4, 0.5) is 0 Å². The standard InChI is InChI=1S/C27H28N4O5S/c1-15-20(26(33)30-9-7-27(3,34)14-30)11-31-24(15)21(6-8-28-31)36-18-4-5-19-22(10-18)35-16(2)23(19)25(32)29-17-12-37-13-17/h4-6,8,10-11,17,34H,7,9,12-14H2,1-3H3,(H,29,32). The number of nitrogens with zero attached hydrogens (tertiary/aromatic N) is 3. The molecule has 0 spiro atoms. The number of benzene rings is 1. The fraction of sp³-hybridized carbons (Fsp3) is 0.370. The minimum Gasteiger partial charge on any atom is -0.460 e. The lowest BCUT2D eigenvalue weighted by molar-refractivity contribution is 0.0572. The Bertz CT molecular complexity index is 1550. The van der Waals surface area contributed by atoms with Crippen LogP contribution in [0.1, 0.15) is 45.4 Å². The molecule has 1 aromatic carbocycles. The molecule has 37 heavy (non-hydrogen) atoms. The molecule has 192 valence electrons. The Morgan fingerprint density at radius 2 is 2.08 bits per heavy atom. The van der Waals surface area contributed by atoms with E-state index in [1.54, 1.807) is 53.9 Å². The third-order valence-corrected chi connectivity index (χ3v) is 8.40. The Morgan fingerprint density at radius 3 is 2.78 bits per heavy atom. The van der Waals surface area contributed by atoms with E-state index in [0.29, 0.717) is 59.0 Å². The number of rotatable bonds is 5. The SMILES string of the molecule is Cc1oc2cc(Oc3ccnn4cc(C(=O)N5CCC(C)(O)C5)c(C)c34)ccc2c1C(=O)NC1CSC1. The number of hydrogen-bond donors (Lipinski definition) is 2. The number of hydrogen-bond acceptors (Lipinski definition) is 7. The second-order valence-electron chi connectivity index (χ2n) is 10.1. The van der Waals surface area contributed by atoms with Gasteiger partial charge in [-0.3, -0.25) is 9.59 Å². The predicted octanol–water partition coefficient (Wildman–Crippen LogP) is 3.93. The molecule has 5 heterocycles. The second-order valence-corrected chi connectivity index (χ2v) is 11.2. The van der Waals surface area contributed by atoms with Gasteiger partial charge in [-0.1, -0.05) is 0 Å². The minimum atomic E-state index is -0.866. The Hall–Kier alpha value is -3.50. The minimum absolute atomic E-state index is 0.119. The Morgan fingerprint density at radius 1 is 1.27 bits per heavy atom. The zero-order valence-corrected chi connectivity index (χ0v) is 21.7. The molecule has 1 unspecified atom stereocenters. The molecule has 2 fully saturated rings. The molecule has 2 aliphatic heterocycles. The van der Waals surface area contributed by atoms with Crippen LogP contribution in [0.5, 0.6) is 11.5 Å². The topological polar surface area (TPSA) is 109 Å². The molecule has 0 saturated carbocycles. The predicted molar refractivity (Wildman–Crippen MR) is 141 cm³/mol. The number of thioether (sulfide) groups is 1. The van der Waals surface area contributed by atoms with Crippen LogP contribution >= 0.6 is 11.8 Å².